The van der Waals surface area contributed by atoms with Gasteiger partial charge in [-0.15, -0.1) is 0 Å². The standard InChI is InChI=1S/C9H7F/c10-9-5-7-3-1-2-4-8(7)6-9/h1-5H,6H2. The Bertz CT molecular complexity index is 287. The summed E-state index contributed by atoms with van der Waals surface area (Å²) < 4.78 is 12.6. The van der Waals surface area contributed by atoms with E-state index in [-0.39, 0.29) is 5.83 Å². The molecule has 50 valence electrons. The predicted molar refractivity (Wildman–Crippen MR) is 39.2 cm³/mol. The molecule has 0 radical (unpaired) electrons. The van der Waals surface area contributed by atoms with Crippen molar-refractivity contribution in [3.05, 3.63) is 41.2 Å². The maximum atomic E-state index is 12.6. The Morgan fingerprint density at radius 1 is 1.20 bits per heavy atom. The maximum absolute atomic E-state index is 12.6. The topological polar surface area (TPSA) is 0 Å². The van der Waals surface area contributed by atoms with Gasteiger partial charge in [0, 0.05) is 6.42 Å². The Labute approximate surface area is 59.0 Å². The summed E-state index contributed by atoms with van der Waals surface area (Å²) in [6, 6.07) is 7.75. The third-order valence-corrected chi connectivity index (χ3v) is 1.73. The molecule has 0 spiro atoms. The Kier molecular flexibility index (Phi) is 1.10. The summed E-state index contributed by atoms with van der Waals surface area (Å²) in [5.74, 6) is -0.0267. The van der Waals surface area contributed by atoms with Crippen LogP contribution in [0.3, 0.4) is 0 Å². The molecule has 1 heteroatoms. The molecule has 2 rings (SSSR count). The molecule has 1 aliphatic rings. The second kappa shape index (κ2) is 1.94. The van der Waals surface area contributed by atoms with Crippen LogP contribution >= 0.6 is 0 Å². The normalized spacial score (nSPS) is 14.7. The number of allylic oxidation sites excluding steroid dienone is 1. The highest BCUT2D eigenvalue weighted by atomic mass is 19.1. The highest BCUT2D eigenvalue weighted by Crippen LogP contribution is 2.24. The van der Waals surface area contributed by atoms with E-state index in [0.717, 1.165) is 11.1 Å². The fraction of sp³-hybridized carbons (Fsp3) is 0.111. The smallest absolute Gasteiger partial charge is 0.105 e. The number of hydrogen-bond donors (Lipinski definition) is 0. The molecule has 0 N–H and O–H groups in total. The van der Waals surface area contributed by atoms with Crippen molar-refractivity contribution in [2.75, 3.05) is 0 Å². The van der Waals surface area contributed by atoms with Gasteiger partial charge in [-0.05, 0) is 17.2 Å². The first kappa shape index (κ1) is 5.66. The third-order valence-electron chi connectivity index (χ3n) is 1.73. The Hall–Kier alpha value is -1.11. The van der Waals surface area contributed by atoms with Gasteiger partial charge in [0.05, 0.1) is 0 Å². The van der Waals surface area contributed by atoms with E-state index < -0.39 is 0 Å². The maximum Gasteiger partial charge on any atom is 0.105 e. The molecule has 0 heterocycles. The molecule has 0 amide bonds. The van der Waals surface area contributed by atoms with Crippen molar-refractivity contribution in [3.8, 4) is 0 Å². The SMILES string of the molecule is FC1=Cc2ccccc2C1. The largest absolute Gasteiger partial charge is 0.211 e. The molecule has 1 aromatic rings. The molecule has 0 atom stereocenters. The molecular formula is C9H7F. The van der Waals surface area contributed by atoms with Crippen molar-refractivity contribution in [1.29, 1.82) is 0 Å². The Balaban J connectivity index is 2.54. The van der Waals surface area contributed by atoms with Crippen molar-refractivity contribution in [2.45, 2.75) is 6.42 Å². The molecule has 0 unspecified atom stereocenters. The van der Waals surface area contributed by atoms with E-state index in [9.17, 15) is 4.39 Å². The highest BCUT2D eigenvalue weighted by molar-refractivity contribution is 5.61. The van der Waals surface area contributed by atoms with Gasteiger partial charge >= 0.3 is 0 Å². The van der Waals surface area contributed by atoms with Crippen LogP contribution in [0.5, 0.6) is 0 Å². The first-order valence-electron chi connectivity index (χ1n) is 3.30. The van der Waals surface area contributed by atoms with Crippen LogP contribution in [0.1, 0.15) is 11.1 Å². The van der Waals surface area contributed by atoms with E-state index in [1.807, 2.05) is 24.3 Å². The monoisotopic (exact) mass is 134 g/mol. The van der Waals surface area contributed by atoms with Crippen LogP contribution in [-0.2, 0) is 6.42 Å². The van der Waals surface area contributed by atoms with Crippen LogP contribution in [0.4, 0.5) is 4.39 Å². The molecule has 0 aliphatic heterocycles. The number of rotatable bonds is 0. The van der Waals surface area contributed by atoms with Crippen LogP contribution in [0.15, 0.2) is 30.1 Å². The van der Waals surface area contributed by atoms with E-state index >= 15 is 0 Å². The van der Waals surface area contributed by atoms with Gasteiger partial charge in [-0.3, -0.25) is 0 Å². The zero-order chi connectivity index (χ0) is 6.97. The zero-order valence-corrected chi connectivity index (χ0v) is 5.47. The average molecular weight is 134 g/mol. The van der Waals surface area contributed by atoms with E-state index in [1.54, 1.807) is 6.08 Å². The molecule has 0 fully saturated rings. The summed E-state index contributed by atoms with van der Waals surface area (Å²) in [5.41, 5.74) is 2.13. The summed E-state index contributed by atoms with van der Waals surface area (Å²) in [6.45, 7) is 0. The van der Waals surface area contributed by atoms with Crippen molar-refractivity contribution in [2.24, 2.45) is 0 Å². The Morgan fingerprint density at radius 2 is 2.00 bits per heavy atom. The highest BCUT2D eigenvalue weighted by Gasteiger charge is 2.09. The summed E-state index contributed by atoms with van der Waals surface area (Å²) in [7, 11) is 0. The zero-order valence-electron chi connectivity index (χ0n) is 5.47. The van der Waals surface area contributed by atoms with Crippen LogP contribution in [0.25, 0.3) is 6.08 Å². The quantitative estimate of drug-likeness (QED) is 0.511. The molecule has 0 nitrogen and oxygen atoms in total. The summed E-state index contributed by atoms with van der Waals surface area (Å²) in [5, 5.41) is 0. The van der Waals surface area contributed by atoms with Crippen molar-refractivity contribution in [1.82, 2.24) is 0 Å². The molecule has 1 aromatic carbocycles. The minimum absolute atomic E-state index is 0.0267. The van der Waals surface area contributed by atoms with Gasteiger partial charge < -0.3 is 0 Å². The predicted octanol–water partition coefficient (Wildman–Crippen LogP) is 2.55. The minimum atomic E-state index is -0.0267. The molecule has 10 heavy (non-hydrogen) atoms. The second-order valence-corrected chi connectivity index (χ2v) is 2.47. The third kappa shape index (κ3) is 0.747. The molecule has 1 aliphatic carbocycles. The van der Waals surface area contributed by atoms with E-state index in [4.69, 9.17) is 0 Å². The second-order valence-electron chi connectivity index (χ2n) is 2.47. The molecule has 0 bridgehead atoms. The van der Waals surface area contributed by atoms with Crippen LogP contribution in [-0.4, -0.2) is 0 Å². The van der Waals surface area contributed by atoms with Gasteiger partial charge in [0.15, 0.2) is 0 Å². The first-order chi connectivity index (χ1) is 4.86. The van der Waals surface area contributed by atoms with Crippen molar-refractivity contribution in [3.63, 3.8) is 0 Å². The summed E-state index contributed by atoms with van der Waals surface area (Å²) in [6.07, 6.45) is 2.07. The van der Waals surface area contributed by atoms with Crippen molar-refractivity contribution >= 4 is 6.08 Å². The minimum Gasteiger partial charge on any atom is -0.211 e. The number of halogens is 1. The molecule has 0 saturated carbocycles. The average Bonchev–Trinajstić information content (AvgIpc) is 2.27. The van der Waals surface area contributed by atoms with Gasteiger partial charge in [0.2, 0.25) is 0 Å². The Morgan fingerprint density at radius 3 is 2.80 bits per heavy atom. The van der Waals surface area contributed by atoms with E-state index in [0.29, 0.717) is 6.42 Å². The van der Waals surface area contributed by atoms with Gasteiger partial charge in [0.25, 0.3) is 0 Å². The van der Waals surface area contributed by atoms with Gasteiger partial charge in [0.1, 0.15) is 5.83 Å². The number of hydrogen-bond acceptors (Lipinski definition) is 0. The molecular weight excluding hydrogens is 127 g/mol. The summed E-state index contributed by atoms with van der Waals surface area (Å²) >= 11 is 0. The lowest BCUT2D eigenvalue weighted by molar-refractivity contribution is 0.627. The molecule has 0 saturated heterocycles. The van der Waals surface area contributed by atoms with Gasteiger partial charge in [-0.2, -0.15) is 0 Å². The van der Waals surface area contributed by atoms with Crippen molar-refractivity contribution < 1.29 is 4.39 Å². The number of fused-ring (bicyclic) bond motifs is 1. The lowest BCUT2D eigenvalue weighted by Crippen LogP contribution is -1.78. The van der Waals surface area contributed by atoms with Gasteiger partial charge in [-0.1, -0.05) is 24.3 Å². The summed E-state index contributed by atoms with van der Waals surface area (Å²) in [4.78, 5) is 0. The van der Waals surface area contributed by atoms with Crippen LogP contribution in [0.2, 0.25) is 0 Å². The van der Waals surface area contributed by atoms with Crippen LogP contribution in [0, 0.1) is 0 Å². The van der Waals surface area contributed by atoms with E-state index in [2.05, 4.69) is 0 Å². The van der Waals surface area contributed by atoms with Crippen LogP contribution < -0.4 is 0 Å². The number of benzene rings is 1. The fourth-order valence-electron chi connectivity index (χ4n) is 1.24. The fourth-order valence-corrected chi connectivity index (χ4v) is 1.24. The lowest BCUT2D eigenvalue weighted by atomic mass is 10.1. The van der Waals surface area contributed by atoms with E-state index in [1.165, 1.54) is 0 Å². The molecule has 0 aromatic heterocycles. The first-order valence-corrected chi connectivity index (χ1v) is 3.30. The van der Waals surface area contributed by atoms with Gasteiger partial charge in [-0.25, -0.2) is 4.39 Å². The lowest BCUT2D eigenvalue weighted by Gasteiger charge is -1.92.